The lowest BCUT2D eigenvalue weighted by Gasteiger charge is -2.02. The van der Waals surface area contributed by atoms with Crippen molar-refractivity contribution in [3.05, 3.63) is 43.2 Å². The summed E-state index contributed by atoms with van der Waals surface area (Å²) in [7, 11) is 1.57. The Balaban J connectivity index is 3.07. The van der Waals surface area contributed by atoms with E-state index in [0.717, 1.165) is 0 Å². The van der Waals surface area contributed by atoms with Crippen molar-refractivity contribution in [2.75, 3.05) is 7.11 Å². The molecule has 1 aromatic carbocycles. The summed E-state index contributed by atoms with van der Waals surface area (Å²) in [5, 5.41) is 0. The van der Waals surface area contributed by atoms with Gasteiger partial charge in [-0.2, -0.15) is 0 Å². The minimum absolute atomic E-state index is 0.572. The van der Waals surface area contributed by atoms with E-state index in [1.807, 2.05) is 0 Å². The van der Waals surface area contributed by atoms with E-state index >= 15 is 0 Å². The van der Waals surface area contributed by atoms with E-state index in [1.165, 1.54) is 0 Å². The molecule has 0 N–H and O–H groups in total. The molecule has 0 saturated carbocycles. The summed E-state index contributed by atoms with van der Waals surface area (Å²) in [5.74, 6) is 0.661. The monoisotopic (exact) mass is 132 g/mol. The lowest BCUT2D eigenvalue weighted by molar-refractivity contribution is 0.413. The average molecular weight is 132 g/mol. The lowest BCUT2D eigenvalue weighted by Crippen LogP contribution is -1.86. The molecule has 1 rings (SSSR count). The summed E-state index contributed by atoms with van der Waals surface area (Å²) in [6.45, 7) is 11.0. The molecular formula is C9H8O. The van der Waals surface area contributed by atoms with Gasteiger partial charge in [0.2, 0.25) is 0 Å². The van der Waals surface area contributed by atoms with Crippen LogP contribution in [-0.2, 0) is 0 Å². The summed E-state index contributed by atoms with van der Waals surface area (Å²) in [4.78, 5) is 0. The summed E-state index contributed by atoms with van der Waals surface area (Å²) in [5.41, 5.74) is 1.22. The zero-order chi connectivity index (χ0) is 7.56. The minimum Gasteiger partial charge on any atom is -0.496 e. The molecule has 0 fully saturated rings. The summed E-state index contributed by atoms with van der Waals surface area (Å²) in [6, 6.07) is 5.15. The van der Waals surface area contributed by atoms with Gasteiger partial charge in [-0.3, -0.25) is 0 Å². The van der Waals surface area contributed by atoms with Crippen molar-refractivity contribution in [3.8, 4) is 5.75 Å². The Kier molecular flexibility index (Phi) is 1.95. The third-order valence-electron chi connectivity index (χ3n) is 1.25. The van der Waals surface area contributed by atoms with Gasteiger partial charge in [-0.15, -0.1) is 0 Å². The van der Waals surface area contributed by atoms with Crippen LogP contribution in [0.5, 0.6) is 5.75 Å². The first kappa shape index (κ1) is 7.13. The highest BCUT2D eigenvalue weighted by molar-refractivity contribution is 5.39. The van der Waals surface area contributed by atoms with Gasteiger partial charge in [0.05, 0.1) is 7.11 Å². The minimum atomic E-state index is 0.572. The molecule has 0 unspecified atom stereocenters. The second kappa shape index (κ2) is 2.74. The molecule has 1 nitrogen and oxygen atoms in total. The highest BCUT2D eigenvalue weighted by atomic mass is 16.5. The molecular weight excluding hydrogens is 124 g/mol. The quantitative estimate of drug-likeness (QED) is 0.566. The smallest absolute Gasteiger partial charge is 0.122 e. The fraction of sp³-hybridized carbons (Fsp3) is 0.111. The van der Waals surface area contributed by atoms with E-state index in [-0.39, 0.29) is 0 Å². The fourth-order valence-corrected chi connectivity index (χ4v) is 0.753. The maximum Gasteiger partial charge on any atom is 0.122 e. The highest BCUT2D eigenvalue weighted by Crippen LogP contribution is 2.17. The van der Waals surface area contributed by atoms with E-state index in [2.05, 4.69) is 0 Å². The van der Waals surface area contributed by atoms with Crippen molar-refractivity contribution in [3.63, 3.8) is 0 Å². The van der Waals surface area contributed by atoms with Crippen LogP contribution in [0.3, 0.4) is 0 Å². The predicted molar refractivity (Wildman–Crippen MR) is 39.8 cm³/mol. The standard InChI is InChI=1S/C9H8O/c1-7-4-5-9(10-3)8(2)6-7/h1-2,4-6H,3H3. The Labute approximate surface area is 61.6 Å². The van der Waals surface area contributed by atoms with Crippen LogP contribution in [0.2, 0.25) is 0 Å². The molecule has 0 spiro atoms. The molecule has 0 aliphatic rings. The fourth-order valence-electron chi connectivity index (χ4n) is 0.753. The number of hydrogen-bond donors (Lipinski definition) is 0. The number of ether oxygens (including phenoxy) is 1. The van der Waals surface area contributed by atoms with Crippen molar-refractivity contribution in [2.24, 2.45) is 0 Å². The van der Waals surface area contributed by atoms with Crippen LogP contribution in [0.25, 0.3) is 0 Å². The van der Waals surface area contributed by atoms with Crippen LogP contribution in [0, 0.1) is 13.8 Å². The number of benzene rings is 1. The molecule has 0 amide bonds. The lowest BCUT2D eigenvalue weighted by atomic mass is 10.1. The Hall–Kier alpha value is -0.980. The van der Waals surface area contributed by atoms with Crippen molar-refractivity contribution in [1.29, 1.82) is 0 Å². The summed E-state index contributed by atoms with van der Waals surface area (Å²) >= 11 is 0. The van der Waals surface area contributed by atoms with Gasteiger partial charge in [-0.1, -0.05) is 12.1 Å². The van der Waals surface area contributed by atoms with Gasteiger partial charge in [0.1, 0.15) is 5.75 Å². The number of rotatable bonds is 1. The second-order valence-electron chi connectivity index (χ2n) is 2.00. The average Bonchev–Trinajstić information content (AvgIpc) is 1.88. The molecule has 0 bridgehead atoms. The van der Waals surface area contributed by atoms with E-state index in [4.69, 9.17) is 18.6 Å². The molecule has 4 radical (unpaired) electrons. The maximum absolute atomic E-state index is 5.53. The molecule has 10 heavy (non-hydrogen) atoms. The van der Waals surface area contributed by atoms with E-state index in [9.17, 15) is 0 Å². The van der Waals surface area contributed by atoms with Gasteiger partial charge in [0.15, 0.2) is 0 Å². The SMILES string of the molecule is [CH]c1ccc(OC)c([CH])c1. The van der Waals surface area contributed by atoms with E-state index in [0.29, 0.717) is 16.9 Å². The van der Waals surface area contributed by atoms with Gasteiger partial charge >= 0.3 is 0 Å². The van der Waals surface area contributed by atoms with Gasteiger partial charge in [-0.25, -0.2) is 0 Å². The van der Waals surface area contributed by atoms with Gasteiger partial charge < -0.3 is 4.74 Å². The third-order valence-corrected chi connectivity index (χ3v) is 1.25. The van der Waals surface area contributed by atoms with Crippen molar-refractivity contribution in [2.45, 2.75) is 0 Å². The van der Waals surface area contributed by atoms with Crippen molar-refractivity contribution >= 4 is 0 Å². The number of hydrogen-bond acceptors (Lipinski definition) is 1. The van der Waals surface area contributed by atoms with Crippen LogP contribution in [0.15, 0.2) is 18.2 Å². The Morgan fingerprint density at radius 2 is 2.00 bits per heavy atom. The normalized spacial score (nSPS) is 9.50. The van der Waals surface area contributed by atoms with Crippen LogP contribution in [0.4, 0.5) is 0 Å². The largest absolute Gasteiger partial charge is 0.496 e. The molecule has 0 saturated heterocycles. The zero-order valence-corrected chi connectivity index (χ0v) is 5.79. The summed E-state index contributed by atoms with van der Waals surface area (Å²) < 4.78 is 4.92. The molecule has 1 aromatic rings. The molecule has 50 valence electrons. The molecule has 0 heterocycles. The first-order chi connectivity index (χ1) is 4.74. The molecule has 0 aromatic heterocycles. The number of methoxy groups -OCH3 is 1. The predicted octanol–water partition coefficient (Wildman–Crippen LogP) is 1.81. The van der Waals surface area contributed by atoms with Crippen LogP contribution in [0.1, 0.15) is 11.1 Å². The summed E-state index contributed by atoms with van der Waals surface area (Å²) in [6.07, 6.45) is 0. The van der Waals surface area contributed by atoms with Gasteiger partial charge in [0.25, 0.3) is 0 Å². The Bertz CT molecular complexity index is 228. The van der Waals surface area contributed by atoms with Gasteiger partial charge in [-0.05, 0) is 24.1 Å². The Morgan fingerprint density at radius 3 is 2.50 bits per heavy atom. The highest BCUT2D eigenvalue weighted by Gasteiger charge is 1.95. The molecule has 1 heteroatoms. The van der Waals surface area contributed by atoms with Crippen LogP contribution in [-0.4, -0.2) is 7.11 Å². The molecule has 0 atom stereocenters. The van der Waals surface area contributed by atoms with Crippen LogP contribution >= 0.6 is 0 Å². The molecule has 0 aliphatic heterocycles. The Morgan fingerprint density at radius 1 is 1.30 bits per heavy atom. The zero-order valence-electron chi connectivity index (χ0n) is 5.79. The van der Waals surface area contributed by atoms with Crippen molar-refractivity contribution in [1.82, 2.24) is 0 Å². The van der Waals surface area contributed by atoms with Gasteiger partial charge in [0, 0.05) is 6.92 Å². The second-order valence-corrected chi connectivity index (χ2v) is 2.00. The topological polar surface area (TPSA) is 9.23 Å². The first-order valence-electron chi connectivity index (χ1n) is 2.93. The maximum atomic E-state index is 5.53. The van der Waals surface area contributed by atoms with E-state index in [1.54, 1.807) is 25.3 Å². The van der Waals surface area contributed by atoms with Crippen LogP contribution < -0.4 is 4.74 Å². The van der Waals surface area contributed by atoms with Crippen molar-refractivity contribution < 1.29 is 4.74 Å². The van der Waals surface area contributed by atoms with E-state index < -0.39 is 0 Å². The third kappa shape index (κ3) is 1.29. The first-order valence-corrected chi connectivity index (χ1v) is 2.93. The molecule has 0 aliphatic carbocycles.